The van der Waals surface area contributed by atoms with E-state index in [2.05, 4.69) is 36.3 Å². The predicted octanol–water partition coefficient (Wildman–Crippen LogP) is 2.31. The highest BCUT2D eigenvalue weighted by Crippen LogP contribution is 2.11. The first kappa shape index (κ1) is 11.3. The van der Waals surface area contributed by atoms with E-state index in [9.17, 15) is 0 Å². The molecule has 1 atom stereocenters. The summed E-state index contributed by atoms with van der Waals surface area (Å²) in [6, 6.07) is 0.797. The van der Waals surface area contributed by atoms with Crippen LogP contribution in [0.2, 0.25) is 0 Å². The monoisotopic (exact) mass is 217 g/mol. The third kappa shape index (κ3) is 3.18. The summed E-state index contributed by atoms with van der Waals surface area (Å²) >= 11 is 5.55. The van der Waals surface area contributed by atoms with Gasteiger partial charge in [0.15, 0.2) is 0 Å². The summed E-state index contributed by atoms with van der Waals surface area (Å²) in [5, 5.41) is 10.9. The van der Waals surface area contributed by atoms with Gasteiger partial charge in [0, 0.05) is 18.3 Å². The van der Waals surface area contributed by atoms with E-state index in [4.69, 9.17) is 16.0 Å². The first-order chi connectivity index (χ1) is 6.63. The maximum Gasteiger partial charge on any atom is 0.315 e. The lowest BCUT2D eigenvalue weighted by Gasteiger charge is -2.14. The third-order valence-electron chi connectivity index (χ3n) is 2.13. The number of nitrogens with zero attached hydrogens (tertiary/aromatic N) is 2. The average Bonchev–Trinajstić information content (AvgIpc) is 2.53. The Morgan fingerprint density at radius 3 is 2.64 bits per heavy atom. The first-order valence-corrected chi connectivity index (χ1v) is 5.31. The van der Waals surface area contributed by atoms with Gasteiger partial charge in [-0.15, -0.1) is 16.7 Å². The number of rotatable bonds is 5. The highest BCUT2D eigenvalue weighted by atomic mass is 35.5. The maximum atomic E-state index is 5.55. The normalized spacial score (nSPS) is 13.2. The van der Waals surface area contributed by atoms with Gasteiger partial charge < -0.3 is 9.73 Å². The zero-order valence-corrected chi connectivity index (χ0v) is 9.51. The van der Waals surface area contributed by atoms with E-state index in [0.717, 1.165) is 0 Å². The smallest absolute Gasteiger partial charge is 0.315 e. The lowest BCUT2D eigenvalue weighted by molar-refractivity contribution is 0.486. The van der Waals surface area contributed by atoms with Crippen molar-refractivity contribution in [2.75, 3.05) is 11.2 Å². The standard InChI is InChI=1S/C9H16ClN3O/c1-6(2)7(3)11-9-13-12-8(14-9)4-5-10/h6-7H,4-5H2,1-3H3,(H,11,13). The third-order valence-corrected chi connectivity index (χ3v) is 2.32. The van der Waals surface area contributed by atoms with Crippen molar-refractivity contribution in [1.82, 2.24) is 10.2 Å². The van der Waals surface area contributed by atoms with Gasteiger partial charge >= 0.3 is 6.01 Å². The van der Waals surface area contributed by atoms with Crippen molar-refractivity contribution >= 4 is 17.6 Å². The minimum atomic E-state index is 0.319. The van der Waals surface area contributed by atoms with Gasteiger partial charge in [-0.2, -0.15) is 0 Å². The van der Waals surface area contributed by atoms with Gasteiger partial charge in [0.25, 0.3) is 0 Å². The van der Waals surface area contributed by atoms with Crippen LogP contribution in [-0.2, 0) is 6.42 Å². The van der Waals surface area contributed by atoms with Gasteiger partial charge in [0.1, 0.15) is 0 Å². The Hall–Kier alpha value is -0.770. The molecule has 0 amide bonds. The van der Waals surface area contributed by atoms with Crippen molar-refractivity contribution in [2.24, 2.45) is 5.92 Å². The molecule has 0 aliphatic carbocycles. The van der Waals surface area contributed by atoms with Gasteiger partial charge in [-0.3, -0.25) is 0 Å². The topological polar surface area (TPSA) is 51.0 Å². The van der Waals surface area contributed by atoms with Crippen molar-refractivity contribution in [3.8, 4) is 0 Å². The average molecular weight is 218 g/mol. The van der Waals surface area contributed by atoms with Crippen LogP contribution < -0.4 is 5.32 Å². The van der Waals surface area contributed by atoms with E-state index >= 15 is 0 Å². The van der Waals surface area contributed by atoms with Gasteiger partial charge in [-0.25, -0.2) is 0 Å². The maximum absolute atomic E-state index is 5.55. The first-order valence-electron chi connectivity index (χ1n) is 4.78. The Morgan fingerprint density at radius 2 is 2.07 bits per heavy atom. The van der Waals surface area contributed by atoms with E-state index in [1.54, 1.807) is 0 Å². The fraction of sp³-hybridized carbons (Fsp3) is 0.778. The molecule has 0 saturated carbocycles. The van der Waals surface area contributed by atoms with Crippen LogP contribution in [-0.4, -0.2) is 22.1 Å². The molecule has 0 saturated heterocycles. The molecule has 0 aliphatic rings. The number of aryl methyl sites for hydroxylation is 1. The molecule has 0 bridgehead atoms. The van der Waals surface area contributed by atoms with Crippen LogP contribution in [0.5, 0.6) is 0 Å². The molecule has 0 fully saturated rings. The summed E-state index contributed by atoms with van der Waals surface area (Å²) in [5.41, 5.74) is 0. The molecule has 0 aliphatic heterocycles. The van der Waals surface area contributed by atoms with E-state index in [-0.39, 0.29) is 0 Å². The molecule has 1 heterocycles. The molecule has 1 aromatic rings. The second-order valence-corrected chi connectivity index (χ2v) is 3.99. The molecule has 1 aromatic heterocycles. The highest BCUT2D eigenvalue weighted by molar-refractivity contribution is 6.17. The van der Waals surface area contributed by atoms with E-state index in [1.165, 1.54) is 0 Å². The summed E-state index contributed by atoms with van der Waals surface area (Å²) in [6.45, 7) is 6.34. The molecule has 1 N–H and O–H groups in total. The number of nitrogens with one attached hydrogen (secondary N) is 1. The zero-order chi connectivity index (χ0) is 10.6. The lowest BCUT2D eigenvalue weighted by atomic mass is 10.1. The molecule has 5 heteroatoms. The number of hydrogen-bond donors (Lipinski definition) is 1. The quantitative estimate of drug-likeness (QED) is 0.769. The number of alkyl halides is 1. The summed E-state index contributed by atoms with van der Waals surface area (Å²) in [6.07, 6.45) is 0.617. The van der Waals surface area contributed by atoms with E-state index < -0.39 is 0 Å². The molecule has 0 spiro atoms. The van der Waals surface area contributed by atoms with E-state index in [1.807, 2.05) is 0 Å². The SMILES string of the molecule is CC(C)C(C)Nc1nnc(CCCl)o1. The Balaban J connectivity index is 2.50. The molecule has 1 unspecified atom stereocenters. The highest BCUT2D eigenvalue weighted by Gasteiger charge is 2.11. The van der Waals surface area contributed by atoms with Crippen LogP contribution in [0.4, 0.5) is 6.01 Å². The molecule has 0 aromatic carbocycles. The predicted molar refractivity (Wildman–Crippen MR) is 56.6 cm³/mol. The van der Waals surface area contributed by atoms with Crippen molar-refractivity contribution in [3.63, 3.8) is 0 Å². The summed E-state index contributed by atoms with van der Waals surface area (Å²) < 4.78 is 5.33. The minimum absolute atomic E-state index is 0.319. The van der Waals surface area contributed by atoms with Gasteiger partial charge in [0.2, 0.25) is 5.89 Å². The Labute approximate surface area is 89.0 Å². The number of aromatic nitrogens is 2. The molecule has 0 radical (unpaired) electrons. The number of anilines is 1. The summed E-state index contributed by atoms with van der Waals surface area (Å²) in [7, 11) is 0. The largest absolute Gasteiger partial charge is 0.408 e. The Bertz CT molecular complexity index is 275. The van der Waals surface area contributed by atoms with Gasteiger partial charge in [-0.1, -0.05) is 18.9 Å². The van der Waals surface area contributed by atoms with Crippen LogP contribution in [0.25, 0.3) is 0 Å². The number of hydrogen-bond acceptors (Lipinski definition) is 4. The summed E-state index contributed by atoms with van der Waals surface area (Å²) in [5.74, 6) is 1.61. The van der Waals surface area contributed by atoms with Crippen LogP contribution in [0.15, 0.2) is 4.42 Å². The van der Waals surface area contributed by atoms with Crippen molar-refractivity contribution in [1.29, 1.82) is 0 Å². The molecule has 14 heavy (non-hydrogen) atoms. The second-order valence-electron chi connectivity index (χ2n) is 3.62. The summed E-state index contributed by atoms with van der Waals surface area (Å²) in [4.78, 5) is 0. The lowest BCUT2D eigenvalue weighted by Crippen LogP contribution is -2.21. The van der Waals surface area contributed by atoms with Crippen LogP contribution >= 0.6 is 11.6 Å². The second kappa shape index (κ2) is 5.20. The number of halogens is 1. The molecular formula is C9H16ClN3O. The van der Waals surface area contributed by atoms with Crippen LogP contribution in [0.1, 0.15) is 26.7 Å². The minimum Gasteiger partial charge on any atom is -0.408 e. The Morgan fingerprint density at radius 1 is 1.36 bits per heavy atom. The van der Waals surface area contributed by atoms with Crippen molar-refractivity contribution in [2.45, 2.75) is 33.2 Å². The van der Waals surface area contributed by atoms with Crippen molar-refractivity contribution < 1.29 is 4.42 Å². The molecule has 1 rings (SSSR count). The van der Waals surface area contributed by atoms with Crippen LogP contribution in [0.3, 0.4) is 0 Å². The molecule has 4 nitrogen and oxygen atoms in total. The zero-order valence-electron chi connectivity index (χ0n) is 8.75. The fourth-order valence-electron chi connectivity index (χ4n) is 0.855. The molecule has 80 valence electrons. The van der Waals surface area contributed by atoms with Crippen molar-refractivity contribution in [3.05, 3.63) is 5.89 Å². The van der Waals surface area contributed by atoms with Gasteiger partial charge in [0.05, 0.1) is 0 Å². The van der Waals surface area contributed by atoms with E-state index in [0.29, 0.717) is 36.2 Å². The fourth-order valence-corrected chi connectivity index (χ4v) is 1.02. The molecular weight excluding hydrogens is 202 g/mol. The Kier molecular flexibility index (Phi) is 4.20. The van der Waals surface area contributed by atoms with Crippen LogP contribution in [0, 0.1) is 5.92 Å². The van der Waals surface area contributed by atoms with Gasteiger partial charge in [-0.05, 0) is 12.8 Å².